The van der Waals surface area contributed by atoms with Crippen molar-refractivity contribution < 1.29 is 9.47 Å². The number of fused-ring (bicyclic) bond motifs is 3. The summed E-state index contributed by atoms with van der Waals surface area (Å²) >= 11 is 0. The van der Waals surface area contributed by atoms with Crippen molar-refractivity contribution in [1.82, 2.24) is 0 Å². The first-order valence-corrected chi connectivity index (χ1v) is 8.04. The summed E-state index contributed by atoms with van der Waals surface area (Å²) in [5, 5.41) is 0. The molecule has 1 saturated heterocycles. The lowest BCUT2D eigenvalue weighted by Crippen LogP contribution is -2.60. The van der Waals surface area contributed by atoms with Crippen LogP contribution in [0.3, 0.4) is 0 Å². The van der Waals surface area contributed by atoms with Crippen molar-refractivity contribution >= 4 is 0 Å². The van der Waals surface area contributed by atoms with Gasteiger partial charge in [-0.3, -0.25) is 0 Å². The highest BCUT2D eigenvalue weighted by Gasteiger charge is 2.72. The van der Waals surface area contributed by atoms with E-state index < -0.39 is 0 Å². The molecular weight excluding hydrogens is 236 g/mol. The molecule has 1 spiro atoms. The Bertz CT molecular complexity index is 375. The zero-order valence-corrected chi connectivity index (χ0v) is 13.5. The molecule has 110 valence electrons. The van der Waals surface area contributed by atoms with E-state index in [1.54, 1.807) is 0 Å². The average molecular weight is 266 g/mol. The predicted molar refractivity (Wildman–Crippen MR) is 76.8 cm³/mol. The van der Waals surface area contributed by atoms with Gasteiger partial charge in [-0.25, -0.2) is 0 Å². The molecule has 3 rings (SSSR count). The van der Waals surface area contributed by atoms with Crippen LogP contribution < -0.4 is 0 Å². The summed E-state index contributed by atoms with van der Waals surface area (Å²) in [7, 11) is 0. The van der Waals surface area contributed by atoms with E-state index in [1.165, 1.54) is 19.3 Å². The van der Waals surface area contributed by atoms with Gasteiger partial charge in [-0.05, 0) is 30.6 Å². The number of ether oxygens (including phenoxy) is 2. The van der Waals surface area contributed by atoms with E-state index in [9.17, 15) is 0 Å². The highest BCUT2D eigenvalue weighted by molar-refractivity contribution is 5.20. The maximum absolute atomic E-state index is 6.66. The molecule has 0 aromatic carbocycles. The quantitative estimate of drug-likeness (QED) is 0.707. The lowest BCUT2D eigenvalue weighted by Gasteiger charge is -2.55. The second-order valence-electron chi connectivity index (χ2n) is 8.35. The minimum Gasteiger partial charge on any atom is -0.352 e. The molecule has 0 aromatic heterocycles. The molecule has 0 aromatic rings. The van der Waals surface area contributed by atoms with Crippen LogP contribution in [0.5, 0.6) is 0 Å². The van der Waals surface area contributed by atoms with Crippen LogP contribution in [0.2, 0.25) is 0 Å². The molecular formula is C17H30O2. The largest absolute Gasteiger partial charge is 0.352 e. The van der Waals surface area contributed by atoms with Crippen molar-refractivity contribution in [2.45, 2.75) is 72.7 Å². The van der Waals surface area contributed by atoms with E-state index in [1.807, 2.05) is 0 Å². The third-order valence-corrected chi connectivity index (χ3v) is 7.10. The summed E-state index contributed by atoms with van der Waals surface area (Å²) in [4.78, 5) is 0. The Hall–Kier alpha value is -0.0800. The van der Waals surface area contributed by atoms with Crippen LogP contribution in [0.1, 0.15) is 60.8 Å². The topological polar surface area (TPSA) is 18.5 Å². The molecule has 19 heavy (non-hydrogen) atoms. The Labute approximate surface area is 118 Å². The maximum Gasteiger partial charge on any atom is 0.160 e. The normalized spacial score (nSPS) is 52.3. The molecule has 3 fully saturated rings. The van der Waals surface area contributed by atoms with Gasteiger partial charge in [-0.2, -0.15) is 0 Å². The highest BCUT2D eigenvalue weighted by atomic mass is 16.7. The van der Waals surface area contributed by atoms with Crippen molar-refractivity contribution in [1.29, 1.82) is 0 Å². The first-order chi connectivity index (χ1) is 8.74. The van der Waals surface area contributed by atoms with Gasteiger partial charge in [-0.1, -0.05) is 41.5 Å². The monoisotopic (exact) mass is 266 g/mol. The van der Waals surface area contributed by atoms with E-state index in [0.717, 1.165) is 12.5 Å². The van der Waals surface area contributed by atoms with E-state index in [4.69, 9.17) is 9.47 Å². The number of rotatable bonds is 1. The Morgan fingerprint density at radius 3 is 2.32 bits per heavy atom. The van der Waals surface area contributed by atoms with Crippen LogP contribution in [0, 0.1) is 28.6 Å². The fourth-order valence-electron chi connectivity index (χ4n) is 5.28. The molecule has 0 radical (unpaired) electrons. The van der Waals surface area contributed by atoms with Gasteiger partial charge in [0.2, 0.25) is 0 Å². The molecule has 0 amide bonds. The second kappa shape index (κ2) is 3.98. The lowest BCUT2D eigenvalue weighted by atomic mass is 9.60. The number of hydrogen-bond donors (Lipinski definition) is 0. The smallest absolute Gasteiger partial charge is 0.160 e. The molecule has 1 heterocycles. The summed E-state index contributed by atoms with van der Waals surface area (Å²) in [5.74, 6) is 1.78. The summed E-state index contributed by atoms with van der Waals surface area (Å²) in [6, 6.07) is 0. The Morgan fingerprint density at radius 2 is 1.84 bits per heavy atom. The van der Waals surface area contributed by atoms with Gasteiger partial charge in [0.1, 0.15) is 0 Å². The summed E-state index contributed by atoms with van der Waals surface area (Å²) in [5.41, 5.74) is 0.758. The zero-order chi connectivity index (χ0) is 14.1. The first kappa shape index (κ1) is 13.9. The standard InChI is InChI=1S/C17H30O2/c1-11(2)14-18-10-12(3)17(19-14)9-13-7-8-16(17,6)15(13,4)5/h11-14H,7-10H2,1-6H3. The van der Waals surface area contributed by atoms with Crippen LogP contribution in [-0.4, -0.2) is 18.5 Å². The Balaban J connectivity index is 1.99. The van der Waals surface area contributed by atoms with Crippen LogP contribution in [0.4, 0.5) is 0 Å². The van der Waals surface area contributed by atoms with Gasteiger partial charge in [0.25, 0.3) is 0 Å². The number of hydrogen-bond acceptors (Lipinski definition) is 2. The molecule has 5 atom stereocenters. The average Bonchev–Trinajstić information content (AvgIpc) is 2.64. The van der Waals surface area contributed by atoms with Gasteiger partial charge >= 0.3 is 0 Å². The molecule has 3 aliphatic rings. The van der Waals surface area contributed by atoms with Gasteiger partial charge in [0.15, 0.2) is 6.29 Å². The predicted octanol–water partition coefficient (Wildman–Crippen LogP) is 4.24. The van der Waals surface area contributed by atoms with Crippen molar-refractivity contribution in [2.24, 2.45) is 28.6 Å². The molecule has 2 bridgehead atoms. The Kier molecular flexibility index (Phi) is 2.91. The molecule has 2 aliphatic carbocycles. The van der Waals surface area contributed by atoms with E-state index in [2.05, 4.69) is 41.5 Å². The van der Waals surface area contributed by atoms with Crippen molar-refractivity contribution in [3.05, 3.63) is 0 Å². The summed E-state index contributed by atoms with van der Waals surface area (Å²) in [6.45, 7) is 15.0. The first-order valence-electron chi connectivity index (χ1n) is 8.04. The minimum absolute atomic E-state index is 0.0109. The van der Waals surface area contributed by atoms with Gasteiger partial charge < -0.3 is 9.47 Å². The maximum atomic E-state index is 6.66. The van der Waals surface area contributed by atoms with Crippen molar-refractivity contribution in [2.75, 3.05) is 6.61 Å². The molecule has 5 unspecified atom stereocenters. The molecule has 0 N–H and O–H groups in total. The van der Waals surface area contributed by atoms with Crippen molar-refractivity contribution in [3.8, 4) is 0 Å². The highest BCUT2D eigenvalue weighted by Crippen LogP contribution is 2.73. The van der Waals surface area contributed by atoms with Crippen LogP contribution in [0.25, 0.3) is 0 Å². The molecule has 2 heteroatoms. The minimum atomic E-state index is -0.0109. The Morgan fingerprint density at radius 1 is 1.16 bits per heavy atom. The SMILES string of the molecule is CC(C)C1OCC(C)C2(CC3CCC2(C)C3(C)C)O1. The summed E-state index contributed by atoms with van der Waals surface area (Å²) in [6.07, 6.45) is 3.93. The fourth-order valence-corrected chi connectivity index (χ4v) is 5.28. The fraction of sp³-hybridized carbons (Fsp3) is 1.00. The van der Waals surface area contributed by atoms with E-state index >= 15 is 0 Å². The second-order valence-corrected chi connectivity index (χ2v) is 8.35. The third kappa shape index (κ3) is 1.51. The third-order valence-electron chi connectivity index (χ3n) is 7.10. The zero-order valence-electron chi connectivity index (χ0n) is 13.5. The molecule has 2 nitrogen and oxygen atoms in total. The summed E-state index contributed by atoms with van der Waals surface area (Å²) < 4.78 is 12.6. The van der Waals surface area contributed by atoms with Crippen LogP contribution in [0.15, 0.2) is 0 Å². The van der Waals surface area contributed by atoms with Crippen molar-refractivity contribution in [3.63, 3.8) is 0 Å². The van der Waals surface area contributed by atoms with E-state index in [0.29, 0.717) is 22.7 Å². The van der Waals surface area contributed by atoms with Crippen LogP contribution in [-0.2, 0) is 9.47 Å². The van der Waals surface area contributed by atoms with Gasteiger partial charge in [0.05, 0.1) is 12.2 Å². The van der Waals surface area contributed by atoms with Gasteiger partial charge in [-0.15, -0.1) is 0 Å². The molecule has 1 aliphatic heterocycles. The van der Waals surface area contributed by atoms with Crippen LogP contribution >= 0.6 is 0 Å². The lowest BCUT2D eigenvalue weighted by molar-refractivity contribution is -0.325. The molecule has 2 saturated carbocycles. The van der Waals surface area contributed by atoms with Gasteiger partial charge in [0, 0.05) is 17.3 Å². The van der Waals surface area contributed by atoms with E-state index in [-0.39, 0.29) is 11.9 Å².